The topological polar surface area (TPSA) is 84.7 Å². The lowest BCUT2D eigenvalue weighted by molar-refractivity contribution is -0.143. The van der Waals surface area contributed by atoms with Gasteiger partial charge in [0.25, 0.3) is 0 Å². The lowest BCUT2D eigenvalue weighted by Crippen LogP contribution is -2.07. The Labute approximate surface area is 204 Å². The predicted molar refractivity (Wildman–Crippen MR) is 132 cm³/mol. The molecule has 0 saturated carbocycles. The molecule has 0 radical (unpaired) electrons. The number of pyridine rings is 1. The Balaban J connectivity index is 1.50. The van der Waals surface area contributed by atoms with Crippen molar-refractivity contribution in [3.05, 3.63) is 77.9 Å². The quantitative estimate of drug-likeness (QED) is 0.292. The molecule has 2 aromatic carbocycles. The number of aryl methyl sites for hydroxylation is 2. The predicted octanol–water partition coefficient (Wildman–Crippen LogP) is 4.63. The van der Waals surface area contributed by atoms with E-state index in [9.17, 15) is 4.79 Å². The molecule has 0 fully saturated rings. The molecule has 0 aliphatic heterocycles. The summed E-state index contributed by atoms with van der Waals surface area (Å²) in [7, 11) is 3.60. The minimum absolute atomic E-state index is 0.230. The Morgan fingerprint density at radius 1 is 0.971 bits per heavy atom. The maximum Gasteiger partial charge on any atom is 0.306 e. The molecule has 2 heterocycles. The number of carbonyl (C=O) groups is 1. The maximum atomic E-state index is 11.9. The third-order valence-corrected chi connectivity index (χ3v) is 5.63. The first-order valence-corrected chi connectivity index (χ1v) is 11.5. The van der Waals surface area contributed by atoms with Crippen LogP contribution in [0.25, 0.3) is 11.0 Å². The fourth-order valence-electron chi connectivity index (χ4n) is 3.70. The molecule has 0 N–H and O–H groups in total. The summed E-state index contributed by atoms with van der Waals surface area (Å²) in [5, 5.41) is 0. The zero-order chi connectivity index (χ0) is 24.6. The molecule has 0 bridgehead atoms. The Morgan fingerprint density at radius 2 is 1.77 bits per heavy atom. The SMILES string of the molecule is CCOC(=O)CCc1ccc(OCc2nc3ccc(OC)cc3n2C)cc1OCc1ccncc1. The number of aromatic nitrogens is 3. The highest BCUT2D eigenvalue weighted by Gasteiger charge is 2.13. The van der Waals surface area contributed by atoms with Gasteiger partial charge < -0.3 is 23.5 Å². The van der Waals surface area contributed by atoms with Crippen LogP contribution in [0.5, 0.6) is 17.2 Å². The van der Waals surface area contributed by atoms with Crippen LogP contribution < -0.4 is 14.2 Å². The maximum absolute atomic E-state index is 11.9. The number of hydrogen-bond acceptors (Lipinski definition) is 7. The molecule has 8 heteroatoms. The van der Waals surface area contributed by atoms with E-state index in [2.05, 4.69) is 9.97 Å². The second kappa shape index (κ2) is 11.4. The minimum Gasteiger partial charge on any atom is -0.497 e. The van der Waals surface area contributed by atoms with Crippen LogP contribution >= 0.6 is 0 Å². The second-order valence-corrected chi connectivity index (χ2v) is 7.95. The van der Waals surface area contributed by atoms with Crippen molar-refractivity contribution in [2.24, 2.45) is 7.05 Å². The average Bonchev–Trinajstić information content (AvgIpc) is 3.20. The third-order valence-electron chi connectivity index (χ3n) is 5.63. The fraction of sp³-hybridized carbons (Fsp3) is 0.296. The number of methoxy groups -OCH3 is 1. The van der Waals surface area contributed by atoms with Crippen molar-refractivity contribution in [1.82, 2.24) is 14.5 Å². The number of imidazole rings is 1. The van der Waals surface area contributed by atoms with Gasteiger partial charge in [-0.3, -0.25) is 9.78 Å². The summed E-state index contributed by atoms with van der Waals surface area (Å²) in [6.45, 7) is 2.84. The van der Waals surface area contributed by atoms with Gasteiger partial charge in [-0.1, -0.05) is 6.07 Å². The van der Waals surface area contributed by atoms with Gasteiger partial charge in [-0.2, -0.15) is 0 Å². The monoisotopic (exact) mass is 475 g/mol. The number of fused-ring (bicyclic) bond motifs is 1. The molecular formula is C27H29N3O5. The Hall–Kier alpha value is -4.07. The van der Waals surface area contributed by atoms with Crippen LogP contribution in [-0.2, 0) is 36.2 Å². The highest BCUT2D eigenvalue weighted by atomic mass is 16.5. The van der Waals surface area contributed by atoms with Gasteiger partial charge in [0.05, 0.1) is 24.8 Å². The lowest BCUT2D eigenvalue weighted by Gasteiger charge is -2.14. The van der Waals surface area contributed by atoms with Gasteiger partial charge in [0.2, 0.25) is 0 Å². The van der Waals surface area contributed by atoms with Crippen molar-refractivity contribution in [2.75, 3.05) is 13.7 Å². The number of carbonyl (C=O) groups excluding carboxylic acids is 1. The smallest absolute Gasteiger partial charge is 0.306 e. The normalized spacial score (nSPS) is 10.8. The van der Waals surface area contributed by atoms with Crippen LogP contribution in [-0.4, -0.2) is 34.2 Å². The Morgan fingerprint density at radius 3 is 2.54 bits per heavy atom. The summed E-state index contributed by atoms with van der Waals surface area (Å²) in [4.78, 5) is 20.6. The van der Waals surface area contributed by atoms with E-state index in [1.807, 2.05) is 60.1 Å². The zero-order valence-corrected chi connectivity index (χ0v) is 20.2. The molecule has 0 atom stereocenters. The molecule has 8 nitrogen and oxygen atoms in total. The number of nitrogens with zero attached hydrogens (tertiary/aromatic N) is 3. The van der Waals surface area contributed by atoms with Gasteiger partial charge in [0, 0.05) is 38.0 Å². The van der Waals surface area contributed by atoms with Gasteiger partial charge in [-0.25, -0.2) is 4.98 Å². The minimum atomic E-state index is -0.230. The third kappa shape index (κ3) is 6.09. The molecule has 0 aliphatic carbocycles. The molecule has 4 rings (SSSR count). The summed E-state index contributed by atoms with van der Waals surface area (Å²) in [5.41, 5.74) is 3.76. The van der Waals surface area contributed by atoms with E-state index in [4.69, 9.17) is 18.9 Å². The highest BCUT2D eigenvalue weighted by Crippen LogP contribution is 2.28. The first-order valence-electron chi connectivity index (χ1n) is 11.5. The summed E-state index contributed by atoms with van der Waals surface area (Å²) in [6.07, 6.45) is 4.25. The van der Waals surface area contributed by atoms with Crippen molar-refractivity contribution in [1.29, 1.82) is 0 Å². The molecule has 0 aliphatic rings. The molecule has 2 aromatic heterocycles. The zero-order valence-electron chi connectivity index (χ0n) is 20.2. The molecule has 0 saturated heterocycles. The molecule has 182 valence electrons. The van der Waals surface area contributed by atoms with E-state index in [1.165, 1.54) is 0 Å². The average molecular weight is 476 g/mol. The van der Waals surface area contributed by atoms with Crippen LogP contribution in [0.15, 0.2) is 60.9 Å². The number of benzene rings is 2. The van der Waals surface area contributed by atoms with Crippen molar-refractivity contribution in [3.63, 3.8) is 0 Å². The molecule has 35 heavy (non-hydrogen) atoms. The number of ether oxygens (including phenoxy) is 4. The second-order valence-electron chi connectivity index (χ2n) is 7.95. The standard InChI is InChI=1S/C27H29N3O5/c1-4-33-27(31)10-6-20-5-7-22(16-25(20)35-17-19-11-13-28-14-12-19)34-18-26-29-23-9-8-21(32-3)15-24(23)30(26)2/h5,7-9,11-16H,4,6,10,17-18H2,1-3H3. The van der Waals surface area contributed by atoms with Gasteiger partial charge >= 0.3 is 5.97 Å². The van der Waals surface area contributed by atoms with Crippen LogP contribution in [0.3, 0.4) is 0 Å². The van der Waals surface area contributed by atoms with Gasteiger partial charge in [-0.05, 0) is 54.8 Å². The van der Waals surface area contributed by atoms with E-state index in [1.54, 1.807) is 26.4 Å². The van der Waals surface area contributed by atoms with Crippen LogP contribution in [0.4, 0.5) is 0 Å². The van der Waals surface area contributed by atoms with E-state index in [0.717, 1.165) is 33.7 Å². The largest absolute Gasteiger partial charge is 0.497 e. The van der Waals surface area contributed by atoms with E-state index in [0.29, 0.717) is 37.7 Å². The highest BCUT2D eigenvalue weighted by molar-refractivity contribution is 5.77. The molecule has 4 aromatic rings. The van der Waals surface area contributed by atoms with Crippen LogP contribution in [0.1, 0.15) is 30.3 Å². The molecule has 0 unspecified atom stereocenters. The van der Waals surface area contributed by atoms with E-state index < -0.39 is 0 Å². The number of rotatable bonds is 11. The number of esters is 1. The van der Waals surface area contributed by atoms with Gasteiger partial charge in [0.1, 0.15) is 36.3 Å². The summed E-state index contributed by atoms with van der Waals surface area (Å²) in [6, 6.07) is 15.2. The van der Waals surface area contributed by atoms with E-state index >= 15 is 0 Å². The number of hydrogen-bond donors (Lipinski definition) is 0. The fourth-order valence-corrected chi connectivity index (χ4v) is 3.70. The van der Waals surface area contributed by atoms with Crippen LogP contribution in [0.2, 0.25) is 0 Å². The molecular weight excluding hydrogens is 446 g/mol. The van der Waals surface area contributed by atoms with Gasteiger partial charge in [-0.15, -0.1) is 0 Å². The molecule has 0 spiro atoms. The first-order chi connectivity index (χ1) is 17.1. The first kappa shape index (κ1) is 24.1. The van der Waals surface area contributed by atoms with Crippen LogP contribution in [0, 0.1) is 0 Å². The van der Waals surface area contributed by atoms with Gasteiger partial charge in [0.15, 0.2) is 0 Å². The van der Waals surface area contributed by atoms with Crippen molar-refractivity contribution < 1.29 is 23.7 Å². The van der Waals surface area contributed by atoms with Crippen molar-refractivity contribution in [2.45, 2.75) is 33.0 Å². The lowest BCUT2D eigenvalue weighted by atomic mass is 10.1. The van der Waals surface area contributed by atoms with Crippen molar-refractivity contribution in [3.8, 4) is 17.2 Å². The molecule has 0 amide bonds. The Bertz CT molecular complexity index is 1290. The van der Waals surface area contributed by atoms with Crippen molar-refractivity contribution >= 4 is 17.0 Å². The van der Waals surface area contributed by atoms with E-state index in [-0.39, 0.29) is 12.4 Å². The summed E-state index contributed by atoms with van der Waals surface area (Å²) >= 11 is 0. The summed E-state index contributed by atoms with van der Waals surface area (Å²) < 4.78 is 24.6. The summed E-state index contributed by atoms with van der Waals surface area (Å²) in [5.74, 6) is 2.66. The Kier molecular flexibility index (Phi) is 7.82.